The molecule has 0 saturated heterocycles. The zero-order chi connectivity index (χ0) is 13.8. The summed E-state index contributed by atoms with van der Waals surface area (Å²) in [5.74, 6) is 0. The molecule has 0 spiro atoms. The van der Waals surface area contributed by atoms with Crippen LogP contribution in [0.25, 0.3) is 0 Å². The molecule has 20 heavy (non-hydrogen) atoms. The first-order valence-corrected chi connectivity index (χ1v) is 9.65. The quantitative estimate of drug-likeness (QED) is 0.669. The molecule has 1 fully saturated rings. The van der Waals surface area contributed by atoms with Crippen LogP contribution < -0.4 is 10.6 Å². The smallest absolute Gasteiger partial charge is 0.0255 e. The number of benzene rings is 2. The summed E-state index contributed by atoms with van der Waals surface area (Å²) in [6.45, 7) is 0. The Kier molecular flexibility index (Phi) is 4.91. The average Bonchev–Trinajstić information content (AvgIpc) is 2.52. The van der Waals surface area contributed by atoms with Crippen LogP contribution >= 0.6 is 23.9 Å². The Balaban J connectivity index is 2.01. The summed E-state index contributed by atoms with van der Waals surface area (Å²) in [7, 11) is -0.237. The molecule has 1 aliphatic carbocycles. The van der Waals surface area contributed by atoms with Gasteiger partial charge in [0.15, 0.2) is 0 Å². The Morgan fingerprint density at radius 1 is 0.800 bits per heavy atom. The maximum absolute atomic E-state index is 3.78. The largest absolute Gasteiger partial charge is 0.0622 e. The van der Waals surface area contributed by atoms with E-state index in [1.807, 2.05) is 0 Å². The van der Waals surface area contributed by atoms with Gasteiger partial charge in [0.05, 0.1) is 0 Å². The number of hydrogen-bond donors (Lipinski definition) is 0. The van der Waals surface area contributed by atoms with Crippen LogP contribution in [0.15, 0.2) is 59.1 Å². The highest BCUT2D eigenvalue weighted by molar-refractivity contribution is 9.10. The van der Waals surface area contributed by atoms with Crippen molar-refractivity contribution in [2.45, 2.75) is 37.8 Å². The molecular formula is C18H20BrP. The maximum Gasteiger partial charge on any atom is 0.0255 e. The maximum atomic E-state index is 3.78. The van der Waals surface area contributed by atoms with Crippen molar-refractivity contribution in [3.8, 4) is 0 Å². The van der Waals surface area contributed by atoms with Crippen molar-refractivity contribution >= 4 is 34.5 Å². The second-order valence-corrected chi connectivity index (χ2v) is 8.77. The average molecular weight is 347 g/mol. The van der Waals surface area contributed by atoms with Gasteiger partial charge in [-0.15, -0.1) is 0 Å². The van der Waals surface area contributed by atoms with Gasteiger partial charge in [-0.3, -0.25) is 0 Å². The summed E-state index contributed by atoms with van der Waals surface area (Å²) >= 11 is 3.78. The van der Waals surface area contributed by atoms with Gasteiger partial charge < -0.3 is 0 Å². The summed E-state index contributed by atoms with van der Waals surface area (Å²) in [4.78, 5) is 0. The molecule has 1 aliphatic rings. The third kappa shape index (κ3) is 3.15. The summed E-state index contributed by atoms with van der Waals surface area (Å²) in [5.41, 5.74) is 0.847. The fourth-order valence-electron chi connectivity index (χ4n) is 3.12. The molecule has 0 bridgehead atoms. The van der Waals surface area contributed by atoms with E-state index in [0.717, 1.165) is 5.66 Å². The summed E-state index contributed by atoms with van der Waals surface area (Å²) in [6, 6.07) is 19.9. The van der Waals surface area contributed by atoms with Crippen molar-refractivity contribution in [1.29, 1.82) is 0 Å². The highest BCUT2D eigenvalue weighted by atomic mass is 79.9. The Labute approximate surface area is 131 Å². The number of halogens is 1. The Morgan fingerprint density at radius 2 is 1.45 bits per heavy atom. The molecule has 0 heterocycles. The lowest BCUT2D eigenvalue weighted by molar-refractivity contribution is 0.513. The van der Waals surface area contributed by atoms with E-state index in [1.54, 1.807) is 0 Å². The van der Waals surface area contributed by atoms with Gasteiger partial charge in [0.2, 0.25) is 0 Å². The molecule has 0 nitrogen and oxygen atoms in total. The van der Waals surface area contributed by atoms with Crippen molar-refractivity contribution in [3.05, 3.63) is 59.1 Å². The van der Waals surface area contributed by atoms with Crippen LogP contribution in [0.3, 0.4) is 0 Å². The molecule has 0 unspecified atom stereocenters. The van der Waals surface area contributed by atoms with Gasteiger partial charge in [-0.05, 0) is 43.1 Å². The van der Waals surface area contributed by atoms with E-state index in [-0.39, 0.29) is 7.92 Å². The van der Waals surface area contributed by atoms with E-state index in [2.05, 4.69) is 70.5 Å². The Bertz CT molecular complexity index is 546. The van der Waals surface area contributed by atoms with Gasteiger partial charge in [-0.1, -0.05) is 83.7 Å². The monoisotopic (exact) mass is 346 g/mol. The van der Waals surface area contributed by atoms with E-state index >= 15 is 0 Å². The number of hydrogen-bond acceptors (Lipinski definition) is 0. The zero-order valence-corrected chi connectivity index (χ0v) is 14.1. The van der Waals surface area contributed by atoms with E-state index < -0.39 is 0 Å². The van der Waals surface area contributed by atoms with Crippen LogP contribution in [0.1, 0.15) is 32.1 Å². The van der Waals surface area contributed by atoms with E-state index in [0.29, 0.717) is 0 Å². The van der Waals surface area contributed by atoms with Crippen molar-refractivity contribution in [1.82, 2.24) is 0 Å². The van der Waals surface area contributed by atoms with Gasteiger partial charge >= 0.3 is 0 Å². The number of rotatable bonds is 3. The summed E-state index contributed by atoms with van der Waals surface area (Å²) < 4.78 is 1.28. The highest BCUT2D eigenvalue weighted by Gasteiger charge is 2.27. The van der Waals surface area contributed by atoms with Crippen LogP contribution in [-0.2, 0) is 0 Å². The fraction of sp³-hybridized carbons (Fsp3) is 0.333. The van der Waals surface area contributed by atoms with Gasteiger partial charge in [0, 0.05) is 4.47 Å². The molecule has 1 saturated carbocycles. The molecule has 2 aromatic rings. The van der Waals surface area contributed by atoms with Crippen molar-refractivity contribution < 1.29 is 0 Å². The molecule has 0 N–H and O–H groups in total. The van der Waals surface area contributed by atoms with Crippen LogP contribution in [0.5, 0.6) is 0 Å². The normalized spacial score (nSPS) is 17.9. The topological polar surface area (TPSA) is 0 Å². The van der Waals surface area contributed by atoms with Crippen LogP contribution in [0.2, 0.25) is 0 Å². The molecule has 1 atom stereocenters. The zero-order valence-electron chi connectivity index (χ0n) is 11.6. The van der Waals surface area contributed by atoms with Crippen molar-refractivity contribution in [2.24, 2.45) is 0 Å². The van der Waals surface area contributed by atoms with Gasteiger partial charge in [0.25, 0.3) is 0 Å². The molecular weight excluding hydrogens is 327 g/mol. The Hall–Kier alpha value is -0.650. The molecule has 2 heteroatoms. The first kappa shape index (κ1) is 14.3. The molecule has 2 aromatic carbocycles. The van der Waals surface area contributed by atoms with Gasteiger partial charge in [-0.25, -0.2) is 0 Å². The lowest BCUT2D eigenvalue weighted by Crippen LogP contribution is -2.24. The third-order valence-electron chi connectivity index (χ3n) is 4.09. The van der Waals surface area contributed by atoms with Crippen LogP contribution in [0, 0.1) is 0 Å². The molecule has 0 amide bonds. The lowest BCUT2D eigenvalue weighted by atomic mass is 10.0. The minimum atomic E-state index is -0.237. The first-order valence-electron chi connectivity index (χ1n) is 7.45. The van der Waals surface area contributed by atoms with Crippen molar-refractivity contribution in [2.75, 3.05) is 0 Å². The predicted octanol–water partition coefficient (Wildman–Crippen LogP) is 5.21. The molecule has 0 aliphatic heterocycles. The minimum Gasteiger partial charge on any atom is -0.0622 e. The van der Waals surface area contributed by atoms with Gasteiger partial charge in [-0.2, -0.15) is 0 Å². The minimum absolute atomic E-state index is 0.237. The van der Waals surface area contributed by atoms with Gasteiger partial charge in [0.1, 0.15) is 0 Å². The van der Waals surface area contributed by atoms with Crippen LogP contribution in [0.4, 0.5) is 0 Å². The molecule has 0 aromatic heterocycles. The van der Waals surface area contributed by atoms with Crippen molar-refractivity contribution in [3.63, 3.8) is 0 Å². The summed E-state index contributed by atoms with van der Waals surface area (Å²) in [5, 5.41) is 3.04. The second kappa shape index (κ2) is 6.87. The Morgan fingerprint density at radius 3 is 2.15 bits per heavy atom. The third-order valence-corrected chi connectivity index (χ3v) is 8.09. The van der Waals surface area contributed by atoms with Crippen LogP contribution in [-0.4, -0.2) is 5.66 Å². The molecule has 3 rings (SSSR count). The predicted molar refractivity (Wildman–Crippen MR) is 93.6 cm³/mol. The van der Waals surface area contributed by atoms with E-state index in [1.165, 1.54) is 47.2 Å². The first-order chi connectivity index (χ1) is 9.86. The molecule has 104 valence electrons. The highest BCUT2D eigenvalue weighted by Crippen LogP contribution is 2.47. The SMILES string of the molecule is Brc1ccccc1[P@@](c1ccccc1)C1CCCCC1. The second-order valence-electron chi connectivity index (χ2n) is 5.45. The fourth-order valence-corrected chi connectivity index (χ4v) is 7.00. The van der Waals surface area contributed by atoms with E-state index in [9.17, 15) is 0 Å². The lowest BCUT2D eigenvalue weighted by Gasteiger charge is -2.32. The molecule has 0 radical (unpaired) electrons. The standard InChI is InChI=1S/C18H20BrP/c19-17-13-7-8-14-18(17)20(15-9-3-1-4-10-15)16-11-5-2-6-12-16/h1,3-4,7-10,13-14,16H,2,5-6,11-12H2/t20-/m0/s1. The summed E-state index contributed by atoms with van der Waals surface area (Å²) in [6.07, 6.45) is 7.01. The van der Waals surface area contributed by atoms with E-state index in [4.69, 9.17) is 0 Å².